The van der Waals surface area contributed by atoms with E-state index in [0.717, 1.165) is 18.9 Å². The number of aromatic hydroxyl groups is 1. The summed E-state index contributed by atoms with van der Waals surface area (Å²) in [6.07, 6.45) is 2.07. The number of hydrogen-bond acceptors (Lipinski definition) is 4. The van der Waals surface area contributed by atoms with Crippen LogP contribution in [0.4, 0.5) is 5.82 Å². The van der Waals surface area contributed by atoms with Gasteiger partial charge in [0.1, 0.15) is 11.6 Å². The van der Waals surface area contributed by atoms with Crippen molar-refractivity contribution in [3.8, 4) is 5.75 Å². The van der Waals surface area contributed by atoms with Gasteiger partial charge in [0, 0.05) is 37.9 Å². The Morgan fingerprint density at radius 2 is 1.91 bits per heavy atom. The van der Waals surface area contributed by atoms with Crippen LogP contribution in [0.3, 0.4) is 0 Å². The van der Waals surface area contributed by atoms with Gasteiger partial charge in [0.05, 0.1) is 6.42 Å². The Morgan fingerprint density at radius 3 is 2.61 bits per heavy atom. The van der Waals surface area contributed by atoms with Gasteiger partial charge in [-0.05, 0) is 30.7 Å². The van der Waals surface area contributed by atoms with Crippen molar-refractivity contribution in [3.05, 3.63) is 53.7 Å². The second-order valence-electron chi connectivity index (χ2n) is 5.86. The van der Waals surface area contributed by atoms with Crippen LogP contribution in [0.2, 0.25) is 0 Å². The number of pyridine rings is 1. The van der Waals surface area contributed by atoms with Crippen molar-refractivity contribution in [3.63, 3.8) is 0 Å². The predicted octanol–water partition coefficient (Wildman–Crippen LogP) is 1.99. The van der Waals surface area contributed by atoms with Crippen molar-refractivity contribution in [2.24, 2.45) is 0 Å². The van der Waals surface area contributed by atoms with E-state index >= 15 is 0 Å². The summed E-state index contributed by atoms with van der Waals surface area (Å²) in [4.78, 5) is 20.9. The lowest BCUT2D eigenvalue weighted by atomic mass is 10.1. The fourth-order valence-electron chi connectivity index (χ4n) is 2.81. The van der Waals surface area contributed by atoms with Gasteiger partial charge in [-0.25, -0.2) is 4.98 Å². The molecule has 5 heteroatoms. The number of nitrogens with zero attached hydrogens (tertiary/aromatic N) is 3. The molecule has 1 fully saturated rings. The van der Waals surface area contributed by atoms with Crippen molar-refractivity contribution in [2.75, 3.05) is 31.1 Å². The first-order chi connectivity index (χ1) is 11.1. The number of aryl methyl sites for hydroxylation is 1. The maximum Gasteiger partial charge on any atom is 0.227 e. The molecular weight excluding hydrogens is 290 g/mol. The van der Waals surface area contributed by atoms with Crippen molar-refractivity contribution >= 4 is 11.7 Å². The van der Waals surface area contributed by atoms with Gasteiger partial charge in [-0.3, -0.25) is 4.79 Å². The molecule has 2 aromatic rings. The molecule has 1 aliphatic heterocycles. The number of rotatable bonds is 3. The van der Waals surface area contributed by atoms with Gasteiger partial charge >= 0.3 is 0 Å². The van der Waals surface area contributed by atoms with E-state index in [1.165, 1.54) is 5.56 Å². The van der Waals surface area contributed by atoms with Gasteiger partial charge in [-0.2, -0.15) is 0 Å². The molecule has 5 nitrogen and oxygen atoms in total. The van der Waals surface area contributed by atoms with Crippen LogP contribution in [0.15, 0.2) is 42.6 Å². The lowest BCUT2D eigenvalue weighted by Crippen LogP contribution is -2.49. The van der Waals surface area contributed by atoms with Crippen LogP contribution < -0.4 is 4.90 Å². The predicted molar refractivity (Wildman–Crippen MR) is 89.6 cm³/mol. The Hall–Kier alpha value is -2.56. The molecule has 3 rings (SSSR count). The average Bonchev–Trinajstić information content (AvgIpc) is 2.57. The molecule has 1 saturated heterocycles. The highest BCUT2D eigenvalue weighted by Crippen LogP contribution is 2.18. The number of anilines is 1. The minimum atomic E-state index is 0.0587. The second-order valence-corrected chi connectivity index (χ2v) is 5.86. The van der Waals surface area contributed by atoms with Crippen LogP contribution in [0.1, 0.15) is 11.1 Å². The van der Waals surface area contributed by atoms with Gasteiger partial charge in [0.2, 0.25) is 5.91 Å². The van der Waals surface area contributed by atoms with E-state index in [1.54, 1.807) is 18.2 Å². The molecule has 1 N–H and O–H groups in total. The Kier molecular flexibility index (Phi) is 4.46. The number of phenols is 1. The van der Waals surface area contributed by atoms with Gasteiger partial charge < -0.3 is 14.9 Å². The summed E-state index contributed by atoms with van der Waals surface area (Å²) < 4.78 is 0. The molecule has 0 radical (unpaired) electrons. The van der Waals surface area contributed by atoms with Gasteiger partial charge in [0.25, 0.3) is 0 Å². The zero-order valence-corrected chi connectivity index (χ0v) is 13.3. The number of hydrogen-bond donors (Lipinski definition) is 1. The molecule has 0 atom stereocenters. The lowest BCUT2D eigenvalue weighted by Gasteiger charge is -2.35. The van der Waals surface area contributed by atoms with E-state index in [9.17, 15) is 9.90 Å². The third-order valence-electron chi connectivity index (χ3n) is 4.19. The quantitative estimate of drug-likeness (QED) is 0.942. The summed E-state index contributed by atoms with van der Waals surface area (Å²) in [6, 6.07) is 11.1. The lowest BCUT2D eigenvalue weighted by molar-refractivity contribution is -0.130. The van der Waals surface area contributed by atoms with Gasteiger partial charge in [0.15, 0.2) is 0 Å². The highest BCUT2D eigenvalue weighted by atomic mass is 16.3. The van der Waals surface area contributed by atoms with Gasteiger partial charge in [-0.1, -0.05) is 18.2 Å². The standard InChI is InChI=1S/C18H21N3O2/c1-14-6-7-19-17(12-14)20-8-10-21(11-9-20)18(23)13-15-4-2-3-5-16(15)22/h2-7,12,22H,8-11,13H2,1H3. The second kappa shape index (κ2) is 6.69. The van der Waals surface area contributed by atoms with Crippen molar-refractivity contribution in [2.45, 2.75) is 13.3 Å². The van der Waals surface area contributed by atoms with Crippen LogP contribution in [0.25, 0.3) is 0 Å². The van der Waals surface area contributed by atoms with E-state index in [1.807, 2.05) is 23.2 Å². The monoisotopic (exact) mass is 311 g/mol. The number of carbonyl (C=O) groups excluding carboxylic acids is 1. The Morgan fingerprint density at radius 1 is 1.17 bits per heavy atom. The van der Waals surface area contributed by atoms with E-state index in [-0.39, 0.29) is 18.1 Å². The summed E-state index contributed by atoms with van der Waals surface area (Å²) in [5, 5.41) is 9.79. The van der Waals surface area contributed by atoms with Crippen LogP contribution in [0.5, 0.6) is 5.75 Å². The Bertz CT molecular complexity index is 694. The first-order valence-corrected chi connectivity index (χ1v) is 7.86. The van der Waals surface area contributed by atoms with Crippen molar-refractivity contribution in [1.82, 2.24) is 9.88 Å². The molecule has 1 amide bonds. The van der Waals surface area contributed by atoms with E-state index in [0.29, 0.717) is 18.7 Å². The number of para-hydroxylation sites is 1. The molecule has 0 aliphatic carbocycles. The highest BCUT2D eigenvalue weighted by molar-refractivity contribution is 5.79. The number of benzene rings is 1. The normalized spacial score (nSPS) is 14.8. The minimum Gasteiger partial charge on any atom is -0.508 e. The first-order valence-electron chi connectivity index (χ1n) is 7.86. The number of piperazine rings is 1. The number of carbonyl (C=O) groups is 1. The maximum atomic E-state index is 12.4. The molecule has 0 bridgehead atoms. The van der Waals surface area contributed by atoms with Gasteiger partial charge in [-0.15, -0.1) is 0 Å². The molecule has 0 unspecified atom stereocenters. The Balaban J connectivity index is 1.58. The largest absolute Gasteiger partial charge is 0.508 e. The average molecular weight is 311 g/mol. The molecule has 120 valence electrons. The van der Waals surface area contributed by atoms with E-state index in [2.05, 4.69) is 22.9 Å². The summed E-state index contributed by atoms with van der Waals surface area (Å²) in [7, 11) is 0. The molecule has 23 heavy (non-hydrogen) atoms. The molecule has 1 aromatic heterocycles. The summed E-state index contributed by atoms with van der Waals surface area (Å²) >= 11 is 0. The Labute approximate surface area is 136 Å². The fraction of sp³-hybridized carbons (Fsp3) is 0.333. The molecular formula is C18H21N3O2. The molecule has 1 aromatic carbocycles. The molecule has 1 aliphatic rings. The summed E-state index contributed by atoms with van der Waals surface area (Å²) in [5.41, 5.74) is 1.87. The third kappa shape index (κ3) is 3.62. The van der Waals surface area contributed by atoms with E-state index < -0.39 is 0 Å². The number of aromatic nitrogens is 1. The third-order valence-corrected chi connectivity index (χ3v) is 4.19. The zero-order chi connectivity index (χ0) is 16.2. The molecule has 0 saturated carbocycles. The topological polar surface area (TPSA) is 56.7 Å². The summed E-state index contributed by atoms with van der Waals surface area (Å²) in [6.45, 7) is 4.98. The highest BCUT2D eigenvalue weighted by Gasteiger charge is 2.22. The zero-order valence-electron chi connectivity index (χ0n) is 13.3. The molecule has 0 spiro atoms. The SMILES string of the molecule is Cc1ccnc(N2CCN(C(=O)Cc3ccccc3O)CC2)c1. The van der Waals surface area contributed by atoms with Crippen LogP contribution in [-0.2, 0) is 11.2 Å². The number of phenolic OH excluding ortho intramolecular Hbond substituents is 1. The summed E-state index contributed by atoms with van der Waals surface area (Å²) in [5.74, 6) is 1.21. The van der Waals surface area contributed by atoms with Crippen LogP contribution >= 0.6 is 0 Å². The van der Waals surface area contributed by atoms with E-state index in [4.69, 9.17) is 0 Å². The minimum absolute atomic E-state index is 0.0587. The van der Waals surface area contributed by atoms with Crippen LogP contribution in [-0.4, -0.2) is 47.1 Å². The van der Waals surface area contributed by atoms with Crippen molar-refractivity contribution in [1.29, 1.82) is 0 Å². The maximum absolute atomic E-state index is 12.4. The first kappa shape index (κ1) is 15.3. The van der Waals surface area contributed by atoms with Crippen molar-refractivity contribution < 1.29 is 9.90 Å². The van der Waals surface area contributed by atoms with Crippen LogP contribution in [0, 0.1) is 6.92 Å². The number of amides is 1. The smallest absolute Gasteiger partial charge is 0.227 e. The molecule has 2 heterocycles. The fourth-order valence-corrected chi connectivity index (χ4v) is 2.81.